The van der Waals surface area contributed by atoms with Crippen LogP contribution in [0.4, 0.5) is 37.7 Å². The molecule has 4 rings (SSSR count). The second-order valence-electron chi connectivity index (χ2n) is 8.80. The predicted octanol–water partition coefficient (Wildman–Crippen LogP) is 6.53. The number of carbonyl (C=O) groups excluding carboxylic acids is 2. The van der Waals surface area contributed by atoms with Crippen LogP contribution in [0.15, 0.2) is 71.9 Å². The molecule has 0 saturated heterocycles. The van der Waals surface area contributed by atoms with Gasteiger partial charge in [0.15, 0.2) is 11.0 Å². The van der Waals surface area contributed by atoms with Crippen LogP contribution in [0.25, 0.3) is 5.69 Å². The third-order valence-electron chi connectivity index (χ3n) is 5.78. The van der Waals surface area contributed by atoms with Crippen molar-refractivity contribution in [1.82, 2.24) is 20.1 Å². The van der Waals surface area contributed by atoms with Crippen LogP contribution in [0, 0.1) is 10.1 Å². The molecule has 0 aliphatic rings. The van der Waals surface area contributed by atoms with Crippen LogP contribution in [0.1, 0.15) is 27.3 Å². The average Bonchev–Trinajstić information content (AvgIpc) is 3.37. The number of thioether (sulfide) groups is 1. The normalized spacial score (nSPS) is 11.7. The lowest BCUT2D eigenvalue weighted by molar-refractivity contribution is -0.384. The van der Waals surface area contributed by atoms with Gasteiger partial charge in [-0.05, 0) is 48.5 Å². The van der Waals surface area contributed by atoms with E-state index in [1.54, 1.807) is 0 Å². The minimum absolute atomic E-state index is 0.0385. The zero-order chi connectivity index (χ0) is 32.2. The van der Waals surface area contributed by atoms with E-state index in [0.717, 1.165) is 42.5 Å². The number of aromatic nitrogens is 3. The fourth-order valence-corrected chi connectivity index (χ4v) is 4.63. The lowest BCUT2D eigenvalue weighted by atomic mass is 10.2. The highest BCUT2D eigenvalue weighted by atomic mass is 35.5. The Hall–Kier alpha value is -4.64. The van der Waals surface area contributed by atoms with Gasteiger partial charge in [-0.25, -0.2) is 0 Å². The van der Waals surface area contributed by atoms with E-state index >= 15 is 0 Å². The average molecular weight is 659 g/mol. The first-order valence-corrected chi connectivity index (χ1v) is 13.4. The third kappa shape index (κ3) is 7.84. The largest absolute Gasteiger partial charge is 0.416 e. The minimum atomic E-state index is -4.70. The molecule has 0 atom stereocenters. The summed E-state index contributed by atoms with van der Waals surface area (Å²) in [4.78, 5) is 35.4. The van der Waals surface area contributed by atoms with E-state index in [1.165, 1.54) is 22.8 Å². The molecular weight excluding hydrogens is 642 g/mol. The van der Waals surface area contributed by atoms with E-state index < -0.39 is 46.0 Å². The molecular formula is C26H17ClF6N6O4S. The van der Waals surface area contributed by atoms with Crippen LogP contribution >= 0.6 is 23.4 Å². The van der Waals surface area contributed by atoms with Crippen molar-refractivity contribution in [3.8, 4) is 5.69 Å². The molecule has 10 nitrogen and oxygen atoms in total. The van der Waals surface area contributed by atoms with Crippen molar-refractivity contribution in [2.24, 2.45) is 0 Å². The lowest BCUT2D eigenvalue weighted by Gasteiger charge is -2.14. The highest BCUT2D eigenvalue weighted by Crippen LogP contribution is 2.34. The molecule has 230 valence electrons. The monoisotopic (exact) mass is 658 g/mol. The van der Waals surface area contributed by atoms with Gasteiger partial charge in [0.1, 0.15) is 0 Å². The molecule has 1 aromatic heterocycles. The van der Waals surface area contributed by atoms with Gasteiger partial charge in [0.05, 0.1) is 44.7 Å². The van der Waals surface area contributed by atoms with Gasteiger partial charge < -0.3 is 10.6 Å². The zero-order valence-corrected chi connectivity index (χ0v) is 23.3. The lowest BCUT2D eigenvalue weighted by Crippen LogP contribution is -2.24. The smallest absolute Gasteiger partial charge is 0.345 e. The van der Waals surface area contributed by atoms with Gasteiger partial charge in [0.25, 0.3) is 11.6 Å². The number of nitrogens with one attached hydrogen (secondary N) is 2. The number of nitro benzene ring substituents is 1. The number of nitro groups is 1. The number of hydrogen-bond acceptors (Lipinski definition) is 7. The third-order valence-corrected chi connectivity index (χ3v) is 7.04. The zero-order valence-electron chi connectivity index (χ0n) is 21.7. The minimum Gasteiger partial charge on any atom is -0.345 e. The number of nitrogens with zero attached hydrogens (tertiary/aromatic N) is 4. The Morgan fingerprint density at radius 1 is 0.932 bits per heavy atom. The first-order valence-electron chi connectivity index (χ1n) is 12.1. The number of alkyl halides is 6. The van der Waals surface area contributed by atoms with Crippen LogP contribution in [-0.2, 0) is 23.7 Å². The van der Waals surface area contributed by atoms with Gasteiger partial charge in [0, 0.05) is 17.7 Å². The van der Waals surface area contributed by atoms with Crippen molar-refractivity contribution in [3.05, 3.63) is 104 Å². The first-order chi connectivity index (χ1) is 20.6. The Kier molecular flexibility index (Phi) is 9.48. The van der Waals surface area contributed by atoms with E-state index in [1.807, 2.05) is 0 Å². The first kappa shape index (κ1) is 32.3. The number of non-ortho nitro benzene ring substituents is 1. The number of amides is 2. The van der Waals surface area contributed by atoms with Gasteiger partial charge >= 0.3 is 12.4 Å². The molecule has 1 heterocycles. The molecule has 0 fully saturated rings. The standard InChI is InChI=1S/C26H17ClF6N6O4S/c27-19-9-6-16(26(31,32)33)11-20(19)35-22(40)13-44-24-37-36-21(38(24)18-3-1-2-15(10-18)25(28,29)30)12-34-23(41)14-4-7-17(8-5-14)39(42)43/h1-11H,12-13H2,(H,34,41)(H,35,40). The van der Waals surface area contributed by atoms with Crippen molar-refractivity contribution in [3.63, 3.8) is 0 Å². The van der Waals surface area contributed by atoms with Gasteiger partial charge in [-0.3, -0.25) is 24.3 Å². The molecule has 0 spiro atoms. The molecule has 0 aliphatic heterocycles. The van der Waals surface area contributed by atoms with Gasteiger partial charge in [-0.2, -0.15) is 26.3 Å². The molecule has 2 amide bonds. The molecule has 0 radical (unpaired) electrons. The number of carbonyl (C=O) groups is 2. The molecule has 44 heavy (non-hydrogen) atoms. The quantitative estimate of drug-likeness (QED) is 0.0905. The number of halogens is 7. The highest BCUT2D eigenvalue weighted by molar-refractivity contribution is 7.99. The fraction of sp³-hybridized carbons (Fsp3) is 0.154. The van der Waals surface area contributed by atoms with Crippen molar-refractivity contribution >= 4 is 46.6 Å². The molecule has 0 unspecified atom stereocenters. The molecule has 0 bridgehead atoms. The Morgan fingerprint density at radius 2 is 1.59 bits per heavy atom. The maximum Gasteiger partial charge on any atom is 0.416 e. The molecule has 18 heteroatoms. The van der Waals surface area contributed by atoms with E-state index in [4.69, 9.17) is 11.6 Å². The summed E-state index contributed by atoms with van der Waals surface area (Å²) in [5, 5.41) is 23.2. The predicted molar refractivity (Wildman–Crippen MR) is 146 cm³/mol. The summed E-state index contributed by atoms with van der Waals surface area (Å²) in [5.74, 6) is -1.98. The SMILES string of the molecule is O=C(CSc1nnc(CNC(=O)c2ccc([N+](=O)[O-])cc2)n1-c1cccc(C(F)(F)F)c1)Nc1cc(C(F)(F)F)ccc1Cl. The van der Waals surface area contributed by atoms with Crippen molar-refractivity contribution in [1.29, 1.82) is 0 Å². The second kappa shape index (κ2) is 12.9. The fourth-order valence-electron chi connectivity index (χ4n) is 3.70. The van der Waals surface area contributed by atoms with Crippen molar-refractivity contribution in [2.75, 3.05) is 11.1 Å². The Bertz CT molecular complexity index is 1710. The maximum atomic E-state index is 13.4. The van der Waals surface area contributed by atoms with Crippen LogP contribution in [0.3, 0.4) is 0 Å². The summed E-state index contributed by atoms with van der Waals surface area (Å²) in [6.45, 7) is -0.355. The van der Waals surface area contributed by atoms with E-state index in [9.17, 15) is 46.0 Å². The van der Waals surface area contributed by atoms with Gasteiger partial charge in [-0.15, -0.1) is 10.2 Å². The van der Waals surface area contributed by atoms with Crippen molar-refractivity contribution in [2.45, 2.75) is 24.1 Å². The molecule has 0 aliphatic carbocycles. The number of hydrogen-bond donors (Lipinski definition) is 2. The Balaban J connectivity index is 1.57. The van der Waals surface area contributed by atoms with Gasteiger partial charge in [0.2, 0.25) is 5.91 Å². The molecule has 4 aromatic rings. The van der Waals surface area contributed by atoms with Crippen LogP contribution in [0.2, 0.25) is 5.02 Å². The summed E-state index contributed by atoms with van der Waals surface area (Å²) >= 11 is 6.63. The van der Waals surface area contributed by atoms with E-state index in [2.05, 4.69) is 20.8 Å². The van der Waals surface area contributed by atoms with E-state index in [0.29, 0.717) is 17.8 Å². The highest BCUT2D eigenvalue weighted by Gasteiger charge is 2.32. The summed E-state index contributed by atoms with van der Waals surface area (Å²) < 4.78 is 80.7. The number of benzene rings is 3. The summed E-state index contributed by atoms with van der Waals surface area (Å²) in [7, 11) is 0. The summed E-state index contributed by atoms with van der Waals surface area (Å²) in [5.41, 5.74) is -2.60. The van der Waals surface area contributed by atoms with E-state index in [-0.39, 0.29) is 45.2 Å². The maximum absolute atomic E-state index is 13.4. The summed E-state index contributed by atoms with van der Waals surface area (Å²) in [6, 6.07) is 11.1. The van der Waals surface area contributed by atoms with Crippen LogP contribution < -0.4 is 10.6 Å². The van der Waals surface area contributed by atoms with Gasteiger partial charge in [-0.1, -0.05) is 29.4 Å². The molecule has 3 aromatic carbocycles. The summed E-state index contributed by atoms with van der Waals surface area (Å²) in [6.07, 6.45) is -9.39. The number of anilines is 1. The van der Waals surface area contributed by atoms with Crippen molar-refractivity contribution < 1.29 is 40.9 Å². The van der Waals surface area contributed by atoms with Crippen LogP contribution in [0.5, 0.6) is 0 Å². The molecule has 2 N–H and O–H groups in total. The second-order valence-corrected chi connectivity index (χ2v) is 10.1. The topological polar surface area (TPSA) is 132 Å². The molecule has 0 saturated carbocycles. The van der Waals surface area contributed by atoms with Crippen LogP contribution in [-0.4, -0.2) is 37.3 Å². The Morgan fingerprint density at radius 3 is 2.23 bits per heavy atom. The Labute approximate surface area is 252 Å². The number of rotatable bonds is 9.